The average molecular weight is 312 g/mol. The first-order valence-electron chi connectivity index (χ1n) is 7.87. The Morgan fingerprint density at radius 3 is 2.52 bits per heavy atom. The Morgan fingerprint density at radius 1 is 1.04 bits per heavy atom. The molecule has 0 bridgehead atoms. The predicted molar refractivity (Wildman–Crippen MR) is 87.9 cm³/mol. The number of benzene rings is 1. The zero-order chi connectivity index (χ0) is 16.1. The Morgan fingerprint density at radius 2 is 1.83 bits per heavy atom. The summed E-state index contributed by atoms with van der Waals surface area (Å²) in [5.41, 5.74) is 1.72. The first kappa shape index (κ1) is 15.4. The van der Waals surface area contributed by atoms with Gasteiger partial charge >= 0.3 is 6.03 Å². The van der Waals surface area contributed by atoms with Crippen LogP contribution in [-0.2, 0) is 0 Å². The number of hydrogen-bond acceptors (Lipinski definition) is 4. The maximum absolute atomic E-state index is 12.0. The Hall–Kier alpha value is -2.47. The van der Waals surface area contributed by atoms with Crippen molar-refractivity contribution in [3.8, 4) is 11.3 Å². The molecule has 120 valence electrons. The van der Waals surface area contributed by atoms with E-state index in [1.165, 1.54) is 0 Å². The van der Waals surface area contributed by atoms with Gasteiger partial charge in [-0.25, -0.2) is 4.79 Å². The van der Waals surface area contributed by atoms with Crippen LogP contribution < -0.4 is 10.6 Å². The SMILES string of the molecule is O=C(Nc1ccc(-c2ccccc2)nn1)NC1CCCCC1O. The lowest BCUT2D eigenvalue weighted by Crippen LogP contribution is -2.46. The van der Waals surface area contributed by atoms with Gasteiger partial charge in [0.15, 0.2) is 5.82 Å². The molecule has 1 aliphatic rings. The fourth-order valence-electron chi connectivity index (χ4n) is 2.76. The number of urea groups is 1. The number of rotatable bonds is 3. The highest BCUT2D eigenvalue weighted by Crippen LogP contribution is 2.19. The van der Waals surface area contributed by atoms with Crippen molar-refractivity contribution < 1.29 is 9.90 Å². The molecule has 1 heterocycles. The van der Waals surface area contributed by atoms with Crippen LogP contribution in [0.5, 0.6) is 0 Å². The van der Waals surface area contributed by atoms with E-state index in [9.17, 15) is 9.90 Å². The summed E-state index contributed by atoms with van der Waals surface area (Å²) in [7, 11) is 0. The largest absolute Gasteiger partial charge is 0.391 e. The Labute approximate surface area is 135 Å². The van der Waals surface area contributed by atoms with Crippen LogP contribution in [0.4, 0.5) is 10.6 Å². The summed E-state index contributed by atoms with van der Waals surface area (Å²) in [6.07, 6.45) is 3.09. The predicted octanol–water partition coefficient (Wildman–Crippen LogP) is 2.57. The summed E-state index contributed by atoms with van der Waals surface area (Å²) in [4.78, 5) is 12.0. The van der Waals surface area contributed by atoms with Gasteiger partial charge in [0.25, 0.3) is 0 Å². The number of nitrogens with zero attached hydrogens (tertiary/aromatic N) is 2. The molecule has 0 radical (unpaired) electrons. The van der Waals surface area contributed by atoms with Crippen LogP contribution in [0.15, 0.2) is 42.5 Å². The highest BCUT2D eigenvalue weighted by atomic mass is 16.3. The van der Waals surface area contributed by atoms with Gasteiger partial charge in [-0.2, -0.15) is 0 Å². The Kier molecular flexibility index (Phi) is 4.83. The lowest BCUT2D eigenvalue weighted by atomic mass is 9.93. The molecule has 2 aromatic rings. The molecule has 2 amide bonds. The summed E-state index contributed by atoms with van der Waals surface area (Å²) >= 11 is 0. The van der Waals surface area contributed by atoms with Crippen LogP contribution in [0.3, 0.4) is 0 Å². The van der Waals surface area contributed by atoms with Gasteiger partial charge in [-0.15, -0.1) is 10.2 Å². The molecule has 6 heteroatoms. The van der Waals surface area contributed by atoms with E-state index in [1.54, 1.807) is 6.07 Å². The second-order valence-electron chi connectivity index (χ2n) is 5.73. The van der Waals surface area contributed by atoms with Gasteiger partial charge in [-0.3, -0.25) is 5.32 Å². The summed E-state index contributed by atoms with van der Waals surface area (Å²) in [5.74, 6) is 0.382. The minimum absolute atomic E-state index is 0.194. The molecule has 1 saturated carbocycles. The second kappa shape index (κ2) is 7.19. The van der Waals surface area contributed by atoms with Gasteiger partial charge in [0.05, 0.1) is 17.8 Å². The Balaban J connectivity index is 1.58. The molecule has 6 nitrogen and oxygen atoms in total. The monoisotopic (exact) mass is 312 g/mol. The minimum atomic E-state index is -0.471. The molecule has 0 aliphatic heterocycles. The number of nitrogens with one attached hydrogen (secondary N) is 2. The van der Waals surface area contributed by atoms with Crippen LogP contribution in [0, 0.1) is 0 Å². The topological polar surface area (TPSA) is 87.1 Å². The fraction of sp³-hybridized carbons (Fsp3) is 0.353. The Bertz CT molecular complexity index is 645. The molecule has 23 heavy (non-hydrogen) atoms. The third-order valence-electron chi connectivity index (χ3n) is 4.02. The van der Waals surface area contributed by atoms with E-state index in [-0.39, 0.29) is 12.1 Å². The van der Waals surface area contributed by atoms with Gasteiger partial charge in [0.1, 0.15) is 0 Å². The van der Waals surface area contributed by atoms with Crippen molar-refractivity contribution in [2.75, 3.05) is 5.32 Å². The lowest BCUT2D eigenvalue weighted by molar-refractivity contribution is 0.0955. The number of amides is 2. The summed E-state index contributed by atoms with van der Waals surface area (Å²) in [5, 5.41) is 23.5. The smallest absolute Gasteiger partial charge is 0.320 e. The minimum Gasteiger partial charge on any atom is -0.391 e. The third kappa shape index (κ3) is 4.04. The zero-order valence-corrected chi connectivity index (χ0v) is 12.8. The van der Waals surface area contributed by atoms with Crippen LogP contribution in [-0.4, -0.2) is 33.5 Å². The van der Waals surface area contributed by atoms with Gasteiger partial charge in [-0.1, -0.05) is 43.2 Å². The van der Waals surface area contributed by atoms with Crippen molar-refractivity contribution >= 4 is 11.8 Å². The molecule has 1 aromatic heterocycles. The molecule has 1 aromatic carbocycles. The third-order valence-corrected chi connectivity index (χ3v) is 4.02. The molecule has 0 spiro atoms. The number of hydrogen-bond donors (Lipinski definition) is 3. The molecule has 3 N–H and O–H groups in total. The molecule has 2 atom stereocenters. The van der Waals surface area contributed by atoms with E-state index in [0.29, 0.717) is 5.82 Å². The average Bonchev–Trinajstić information content (AvgIpc) is 2.58. The van der Waals surface area contributed by atoms with Crippen molar-refractivity contribution in [1.82, 2.24) is 15.5 Å². The molecule has 3 rings (SSSR count). The van der Waals surface area contributed by atoms with Crippen LogP contribution >= 0.6 is 0 Å². The maximum Gasteiger partial charge on any atom is 0.320 e. The first-order chi connectivity index (χ1) is 11.2. The highest BCUT2D eigenvalue weighted by molar-refractivity contribution is 5.88. The number of aromatic nitrogens is 2. The molecule has 0 saturated heterocycles. The van der Waals surface area contributed by atoms with Crippen LogP contribution in [0.25, 0.3) is 11.3 Å². The van der Waals surface area contributed by atoms with Gasteiger partial charge < -0.3 is 10.4 Å². The number of anilines is 1. The quantitative estimate of drug-likeness (QED) is 0.813. The maximum atomic E-state index is 12.0. The normalized spacial score (nSPS) is 20.7. The van der Waals surface area contributed by atoms with Crippen LogP contribution in [0.1, 0.15) is 25.7 Å². The van der Waals surface area contributed by atoms with Crippen molar-refractivity contribution in [3.63, 3.8) is 0 Å². The molecule has 1 aliphatic carbocycles. The molecule has 2 unspecified atom stereocenters. The van der Waals surface area contributed by atoms with E-state index >= 15 is 0 Å². The summed E-state index contributed by atoms with van der Waals surface area (Å²) < 4.78 is 0. The second-order valence-corrected chi connectivity index (χ2v) is 5.73. The first-order valence-corrected chi connectivity index (χ1v) is 7.87. The summed E-state index contributed by atoms with van der Waals surface area (Å²) in [6, 6.07) is 12.7. The standard InChI is InChI=1S/C17H20N4O2/c22-15-9-5-4-8-14(15)18-17(23)19-16-11-10-13(20-21-16)12-6-2-1-3-7-12/h1-3,6-7,10-11,14-15,22H,4-5,8-9H2,(H2,18,19,21,23). The lowest BCUT2D eigenvalue weighted by Gasteiger charge is -2.28. The van der Waals surface area contributed by atoms with Crippen molar-refractivity contribution in [1.29, 1.82) is 0 Å². The van der Waals surface area contributed by atoms with E-state index < -0.39 is 6.10 Å². The molecular weight excluding hydrogens is 292 g/mol. The number of carbonyl (C=O) groups is 1. The number of aliphatic hydroxyl groups excluding tert-OH is 1. The number of carbonyl (C=O) groups excluding carboxylic acids is 1. The van der Waals surface area contributed by atoms with Gasteiger partial charge in [-0.05, 0) is 25.0 Å². The van der Waals surface area contributed by atoms with E-state index in [4.69, 9.17) is 0 Å². The highest BCUT2D eigenvalue weighted by Gasteiger charge is 2.24. The van der Waals surface area contributed by atoms with Crippen molar-refractivity contribution in [3.05, 3.63) is 42.5 Å². The van der Waals surface area contributed by atoms with Crippen molar-refractivity contribution in [2.45, 2.75) is 37.8 Å². The zero-order valence-electron chi connectivity index (χ0n) is 12.8. The van der Waals surface area contributed by atoms with E-state index in [0.717, 1.165) is 36.9 Å². The van der Waals surface area contributed by atoms with Gasteiger partial charge in [0, 0.05) is 5.56 Å². The number of aliphatic hydroxyl groups is 1. The fourth-order valence-corrected chi connectivity index (χ4v) is 2.76. The van der Waals surface area contributed by atoms with E-state index in [1.807, 2.05) is 36.4 Å². The van der Waals surface area contributed by atoms with Crippen LogP contribution in [0.2, 0.25) is 0 Å². The summed E-state index contributed by atoms with van der Waals surface area (Å²) in [6.45, 7) is 0. The van der Waals surface area contributed by atoms with E-state index in [2.05, 4.69) is 20.8 Å². The van der Waals surface area contributed by atoms with Gasteiger partial charge in [0.2, 0.25) is 0 Å². The molecular formula is C17H20N4O2. The molecule has 1 fully saturated rings. The van der Waals surface area contributed by atoms with Crippen molar-refractivity contribution in [2.24, 2.45) is 0 Å².